The molecular formula is C22H29N3O4. The number of ether oxygens (including phenoxy) is 2. The molecule has 0 aliphatic carbocycles. The van der Waals surface area contributed by atoms with Gasteiger partial charge in [-0.05, 0) is 44.2 Å². The SMILES string of the molecule is CCOc1ccc(CN(C)[C@@H](C)C(=O)NC(=O)NCc2ccccc2)cc1OC. The topological polar surface area (TPSA) is 79.9 Å². The highest BCUT2D eigenvalue weighted by molar-refractivity contribution is 5.96. The van der Waals surface area contributed by atoms with Gasteiger partial charge in [0.05, 0.1) is 19.8 Å². The van der Waals surface area contributed by atoms with Crippen LogP contribution in [0.4, 0.5) is 4.79 Å². The molecule has 0 unspecified atom stereocenters. The van der Waals surface area contributed by atoms with Gasteiger partial charge in [-0.15, -0.1) is 0 Å². The van der Waals surface area contributed by atoms with Crippen LogP contribution >= 0.6 is 0 Å². The molecule has 3 amide bonds. The Labute approximate surface area is 172 Å². The van der Waals surface area contributed by atoms with Crippen LogP contribution in [0.3, 0.4) is 0 Å². The summed E-state index contributed by atoms with van der Waals surface area (Å²) in [5.74, 6) is 0.966. The molecule has 0 bridgehead atoms. The minimum Gasteiger partial charge on any atom is -0.493 e. The van der Waals surface area contributed by atoms with Crippen LogP contribution in [0.5, 0.6) is 11.5 Å². The quantitative estimate of drug-likeness (QED) is 0.678. The van der Waals surface area contributed by atoms with E-state index in [0.29, 0.717) is 31.2 Å². The highest BCUT2D eigenvalue weighted by Crippen LogP contribution is 2.28. The third-order valence-electron chi connectivity index (χ3n) is 4.53. The van der Waals surface area contributed by atoms with E-state index in [0.717, 1.165) is 11.1 Å². The summed E-state index contributed by atoms with van der Waals surface area (Å²) in [5, 5.41) is 5.08. The number of nitrogens with zero attached hydrogens (tertiary/aromatic N) is 1. The Hall–Kier alpha value is -3.06. The number of benzene rings is 2. The summed E-state index contributed by atoms with van der Waals surface area (Å²) in [6, 6.07) is 14.2. The number of rotatable bonds is 9. The first kappa shape index (κ1) is 22.2. The standard InChI is InChI=1S/C22H29N3O4/c1-5-29-19-12-11-18(13-20(19)28-4)15-25(3)16(2)21(26)24-22(27)23-14-17-9-7-6-8-10-17/h6-13,16H,5,14-15H2,1-4H3,(H2,23,24,26,27)/t16-/m0/s1. The van der Waals surface area contributed by atoms with Crippen LogP contribution < -0.4 is 20.1 Å². The summed E-state index contributed by atoms with van der Waals surface area (Å²) in [5.41, 5.74) is 1.94. The molecule has 2 N–H and O–H groups in total. The highest BCUT2D eigenvalue weighted by atomic mass is 16.5. The lowest BCUT2D eigenvalue weighted by molar-refractivity contribution is -0.124. The Morgan fingerprint density at radius 1 is 1.07 bits per heavy atom. The molecule has 0 aliphatic heterocycles. The Balaban J connectivity index is 1.87. The predicted molar refractivity (Wildman–Crippen MR) is 112 cm³/mol. The minimum atomic E-state index is -0.512. The van der Waals surface area contributed by atoms with E-state index in [9.17, 15) is 9.59 Å². The van der Waals surface area contributed by atoms with Gasteiger partial charge in [-0.2, -0.15) is 0 Å². The molecule has 1 atom stereocenters. The molecule has 0 heterocycles. The zero-order valence-corrected chi connectivity index (χ0v) is 17.4. The van der Waals surface area contributed by atoms with Crippen molar-refractivity contribution in [1.82, 2.24) is 15.5 Å². The zero-order valence-electron chi connectivity index (χ0n) is 17.4. The lowest BCUT2D eigenvalue weighted by Gasteiger charge is -2.24. The molecule has 156 valence electrons. The van der Waals surface area contributed by atoms with Crippen molar-refractivity contribution >= 4 is 11.9 Å². The van der Waals surface area contributed by atoms with Crippen molar-refractivity contribution in [2.45, 2.75) is 33.0 Å². The molecule has 0 aromatic heterocycles. The van der Waals surface area contributed by atoms with Crippen LogP contribution in [0, 0.1) is 0 Å². The lowest BCUT2D eigenvalue weighted by Crippen LogP contribution is -2.48. The van der Waals surface area contributed by atoms with Crippen LogP contribution in [0.2, 0.25) is 0 Å². The van der Waals surface area contributed by atoms with E-state index in [-0.39, 0.29) is 5.91 Å². The van der Waals surface area contributed by atoms with E-state index in [4.69, 9.17) is 9.47 Å². The Morgan fingerprint density at radius 3 is 2.45 bits per heavy atom. The Bertz CT molecular complexity index is 811. The number of hydrogen-bond donors (Lipinski definition) is 2. The largest absolute Gasteiger partial charge is 0.493 e. The maximum Gasteiger partial charge on any atom is 0.321 e. The van der Waals surface area contributed by atoms with Gasteiger partial charge < -0.3 is 14.8 Å². The van der Waals surface area contributed by atoms with Gasteiger partial charge in [-0.3, -0.25) is 15.0 Å². The molecule has 2 rings (SSSR count). The number of methoxy groups -OCH3 is 1. The summed E-state index contributed by atoms with van der Waals surface area (Å²) in [7, 11) is 3.42. The first-order chi connectivity index (χ1) is 13.9. The van der Waals surface area contributed by atoms with Crippen molar-refractivity contribution in [1.29, 1.82) is 0 Å². The van der Waals surface area contributed by atoms with Crippen molar-refractivity contribution in [2.24, 2.45) is 0 Å². The molecule has 0 fully saturated rings. The molecular weight excluding hydrogens is 370 g/mol. The molecule has 0 saturated carbocycles. The molecule has 7 nitrogen and oxygen atoms in total. The third kappa shape index (κ3) is 6.80. The number of urea groups is 1. The molecule has 7 heteroatoms. The minimum absolute atomic E-state index is 0.357. The molecule has 0 aliphatic rings. The van der Waals surface area contributed by atoms with Crippen LogP contribution in [-0.2, 0) is 17.9 Å². The molecule has 0 spiro atoms. The number of imide groups is 1. The fourth-order valence-electron chi connectivity index (χ4n) is 2.75. The second kappa shape index (κ2) is 11.1. The fraction of sp³-hybridized carbons (Fsp3) is 0.364. The van der Waals surface area contributed by atoms with Gasteiger partial charge in [0.25, 0.3) is 0 Å². The van der Waals surface area contributed by atoms with E-state index in [1.165, 1.54) is 0 Å². The van der Waals surface area contributed by atoms with Crippen LogP contribution in [-0.4, -0.2) is 43.6 Å². The average Bonchev–Trinajstić information content (AvgIpc) is 2.73. The van der Waals surface area contributed by atoms with Crippen molar-refractivity contribution in [3.05, 3.63) is 59.7 Å². The first-order valence-electron chi connectivity index (χ1n) is 9.57. The van der Waals surface area contributed by atoms with Gasteiger partial charge in [0.15, 0.2) is 11.5 Å². The Morgan fingerprint density at radius 2 is 1.79 bits per heavy atom. The summed E-state index contributed by atoms with van der Waals surface area (Å²) in [6.45, 7) is 5.10. The van der Waals surface area contributed by atoms with Crippen LogP contribution in [0.15, 0.2) is 48.5 Å². The number of carbonyl (C=O) groups excluding carboxylic acids is 2. The van der Waals surface area contributed by atoms with Gasteiger partial charge in [0.2, 0.25) is 5.91 Å². The predicted octanol–water partition coefficient (Wildman–Crippen LogP) is 2.94. The first-order valence-corrected chi connectivity index (χ1v) is 9.57. The maximum atomic E-state index is 12.4. The van der Waals surface area contributed by atoms with Gasteiger partial charge >= 0.3 is 6.03 Å². The van der Waals surface area contributed by atoms with Gasteiger partial charge in [-0.25, -0.2) is 4.79 Å². The van der Waals surface area contributed by atoms with E-state index in [2.05, 4.69) is 10.6 Å². The number of amides is 3. The van der Waals surface area contributed by atoms with E-state index >= 15 is 0 Å². The van der Waals surface area contributed by atoms with Crippen LogP contribution in [0.25, 0.3) is 0 Å². The monoisotopic (exact) mass is 399 g/mol. The molecule has 2 aromatic rings. The lowest BCUT2D eigenvalue weighted by atomic mass is 10.1. The summed E-state index contributed by atoms with van der Waals surface area (Å²) in [4.78, 5) is 26.3. The smallest absolute Gasteiger partial charge is 0.321 e. The number of nitrogens with one attached hydrogen (secondary N) is 2. The van der Waals surface area contributed by atoms with Crippen molar-refractivity contribution in [3.8, 4) is 11.5 Å². The second-order valence-electron chi connectivity index (χ2n) is 6.67. The van der Waals surface area contributed by atoms with Gasteiger partial charge in [0.1, 0.15) is 0 Å². The normalized spacial score (nSPS) is 11.6. The Kier molecular flexibility index (Phi) is 8.48. The molecule has 0 saturated heterocycles. The van der Waals surface area contributed by atoms with E-state index < -0.39 is 12.1 Å². The molecule has 0 radical (unpaired) electrons. The summed E-state index contributed by atoms with van der Waals surface area (Å²) < 4.78 is 10.9. The van der Waals surface area contributed by atoms with E-state index in [1.54, 1.807) is 14.0 Å². The molecule has 29 heavy (non-hydrogen) atoms. The second-order valence-corrected chi connectivity index (χ2v) is 6.67. The summed E-state index contributed by atoms with van der Waals surface area (Å²) in [6.07, 6.45) is 0. The average molecular weight is 399 g/mol. The van der Waals surface area contributed by atoms with Gasteiger partial charge in [-0.1, -0.05) is 36.4 Å². The van der Waals surface area contributed by atoms with Crippen LogP contribution in [0.1, 0.15) is 25.0 Å². The number of carbonyl (C=O) groups is 2. The zero-order chi connectivity index (χ0) is 21.2. The number of likely N-dealkylation sites (N-methyl/N-ethyl adjacent to an activating group) is 1. The third-order valence-corrected chi connectivity index (χ3v) is 4.53. The van der Waals surface area contributed by atoms with E-state index in [1.807, 2.05) is 67.4 Å². The maximum absolute atomic E-state index is 12.4. The highest BCUT2D eigenvalue weighted by Gasteiger charge is 2.20. The fourth-order valence-corrected chi connectivity index (χ4v) is 2.75. The number of hydrogen-bond acceptors (Lipinski definition) is 5. The van der Waals surface area contributed by atoms with Crippen molar-refractivity contribution < 1.29 is 19.1 Å². The van der Waals surface area contributed by atoms with Gasteiger partial charge in [0, 0.05) is 13.1 Å². The molecule has 2 aromatic carbocycles. The van der Waals surface area contributed by atoms with Crippen molar-refractivity contribution in [2.75, 3.05) is 20.8 Å². The van der Waals surface area contributed by atoms with Crippen molar-refractivity contribution in [3.63, 3.8) is 0 Å². The summed E-state index contributed by atoms with van der Waals surface area (Å²) >= 11 is 0.